The van der Waals surface area contributed by atoms with Crippen molar-refractivity contribution >= 4 is 27.7 Å². The first kappa shape index (κ1) is 19.4. The van der Waals surface area contributed by atoms with Crippen LogP contribution in [0.25, 0.3) is 33.1 Å². The lowest BCUT2D eigenvalue weighted by molar-refractivity contribution is 0.0636. The number of halogens is 1. The van der Waals surface area contributed by atoms with Crippen LogP contribution in [0.1, 0.15) is 23.2 Å². The Labute approximate surface area is 178 Å². The number of fused-ring (bicyclic) bond motifs is 2. The molecule has 0 unspecified atom stereocenters. The molecule has 5 rings (SSSR count). The number of carbonyl (C=O) groups is 1. The van der Waals surface area contributed by atoms with Crippen molar-refractivity contribution in [2.45, 2.75) is 19.0 Å². The van der Waals surface area contributed by atoms with Crippen molar-refractivity contribution in [3.63, 3.8) is 0 Å². The second-order valence-corrected chi connectivity index (χ2v) is 7.98. The van der Waals surface area contributed by atoms with E-state index in [-0.39, 0.29) is 18.0 Å². The SMILES string of the molecule is Cn1ccc2cc(-c3cnc4ccc(C(=O)N5CCC[C@@H](F)C5)cc4n3)ccc2c1=O. The Morgan fingerprint density at radius 1 is 1.13 bits per heavy atom. The molecule has 7 heteroatoms. The molecule has 3 heterocycles. The minimum absolute atomic E-state index is 0.0509. The number of pyridine rings is 1. The molecule has 6 nitrogen and oxygen atoms in total. The summed E-state index contributed by atoms with van der Waals surface area (Å²) in [6.45, 7) is 0.707. The van der Waals surface area contributed by atoms with E-state index in [0.717, 1.165) is 10.9 Å². The van der Waals surface area contributed by atoms with Crippen LogP contribution in [-0.4, -0.2) is 44.6 Å². The molecule has 0 radical (unpaired) electrons. The molecule has 1 aliphatic rings. The number of hydrogen-bond acceptors (Lipinski definition) is 4. The Bertz CT molecular complexity index is 1380. The maximum Gasteiger partial charge on any atom is 0.258 e. The van der Waals surface area contributed by atoms with Gasteiger partial charge >= 0.3 is 0 Å². The number of amides is 1. The van der Waals surface area contributed by atoms with Gasteiger partial charge in [0.05, 0.1) is 29.5 Å². The van der Waals surface area contributed by atoms with Gasteiger partial charge < -0.3 is 9.47 Å². The summed E-state index contributed by atoms with van der Waals surface area (Å²) in [4.78, 5) is 35.9. The van der Waals surface area contributed by atoms with Gasteiger partial charge in [0, 0.05) is 36.3 Å². The van der Waals surface area contributed by atoms with Gasteiger partial charge in [-0.3, -0.25) is 14.6 Å². The van der Waals surface area contributed by atoms with Crippen LogP contribution in [0.5, 0.6) is 0 Å². The Morgan fingerprint density at radius 2 is 2.00 bits per heavy atom. The Kier molecular flexibility index (Phi) is 4.73. The van der Waals surface area contributed by atoms with Crippen molar-refractivity contribution in [1.82, 2.24) is 19.4 Å². The Balaban J connectivity index is 1.52. The minimum atomic E-state index is -0.964. The van der Waals surface area contributed by atoms with E-state index in [1.54, 1.807) is 53.2 Å². The zero-order valence-corrected chi connectivity index (χ0v) is 17.1. The molecule has 0 bridgehead atoms. The van der Waals surface area contributed by atoms with Crippen molar-refractivity contribution < 1.29 is 9.18 Å². The summed E-state index contributed by atoms with van der Waals surface area (Å²) < 4.78 is 15.3. The monoisotopic (exact) mass is 416 g/mol. The van der Waals surface area contributed by atoms with Crippen LogP contribution in [0.4, 0.5) is 4.39 Å². The van der Waals surface area contributed by atoms with Crippen LogP contribution in [0.2, 0.25) is 0 Å². The van der Waals surface area contributed by atoms with Crippen molar-refractivity contribution in [2.24, 2.45) is 7.05 Å². The highest BCUT2D eigenvalue weighted by Gasteiger charge is 2.24. The van der Waals surface area contributed by atoms with Gasteiger partial charge in [-0.05, 0) is 54.6 Å². The van der Waals surface area contributed by atoms with E-state index in [1.165, 1.54) is 0 Å². The van der Waals surface area contributed by atoms with Gasteiger partial charge in [0.15, 0.2) is 0 Å². The number of hydrogen-bond donors (Lipinski definition) is 0. The lowest BCUT2D eigenvalue weighted by atomic mass is 10.1. The number of benzene rings is 2. The van der Waals surface area contributed by atoms with Crippen molar-refractivity contribution in [3.8, 4) is 11.3 Å². The number of aryl methyl sites for hydroxylation is 1. The number of aromatic nitrogens is 3. The average molecular weight is 416 g/mol. The fourth-order valence-electron chi connectivity index (χ4n) is 4.08. The Morgan fingerprint density at radius 3 is 2.84 bits per heavy atom. The maximum atomic E-state index is 13.7. The van der Waals surface area contributed by atoms with Crippen LogP contribution < -0.4 is 5.56 Å². The highest BCUT2D eigenvalue weighted by molar-refractivity contribution is 5.97. The molecule has 1 amide bonds. The molecular formula is C24H21FN4O2. The summed E-state index contributed by atoms with van der Waals surface area (Å²) in [5.41, 5.74) is 3.20. The van der Waals surface area contributed by atoms with E-state index in [9.17, 15) is 14.0 Å². The molecule has 4 aromatic rings. The topological polar surface area (TPSA) is 68.1 Å². The number of piperidine rings is 1. The highest BCUT2D eigenvalue weighted by Crippen LogP contribution is 2.24. The van der Waals surface area contributed by atoms with E-state index in [0.29, 0.717) is 47.1 Å². The molecule has 2 aromatic heterocycles. The Hall–Kier alpha value is -3.61. The number of likely N-dealkylation sites (tertiary alicyclic amines) is 1. The van der Waals surface area contributed by atoms with Gasteiger partial charge in [-0.2, -0.15) is 0 Å². The van der Waals surface area contributed by atoms with Crippen molar-refractivity contribution in [1.29, 1.82) is 0 Å². The predicted molar refractivity (Wildman–Crippen MR) is 118 cm³/mol. The lowest BCUT2D eigenvalue weighted by Gasteiger charge is -2.29. The van der Waals surface area contributed by atoms with Crippen LogP contribution in [0.3, 0.4) is 0 Å². The van der Waals surface area contributed by atoms with E-state index in [1.807, 2.05) is 18.2 Å². The third kappa shape index (κ3) is 3.56. The summed E-state index contributed by atoms with van der Waals surface area (Å²) >= 11 is 0. The highest BCUT2D eigenvalue weighted by atomic mass is 19.1. The number of rotatable bonds is 2. The summed E-state index contributed by atoms with van der Waals surface area (Å²) in [7, 11) is 1.72. The molecular weight excluding hydrogens is 395 g/mol. The lowest BCUT2D eigenvalue weighted by Crippen LogP contribution is -2.40. The molecule has 1 fully saturated rings. The van der Waals surface area contributed by atoms with E-state index in [2.05, 4.69) is 4.98 Å². The first-order valence-electron chi connectivity index (χ1n) is 10.3. The second kappa shape index (κ2) is 7.58. The standard InChI is InChI=1S/C24H21FN4O2/c1-28-10-8-15-11-16(4-6-19(15)24(28)31)22-13-26-20-7-5-17(12-21(20)27-22)23(30)29-9-2-3-18(25)14-29/h4-8,10-13,18H,2-3,9,14H2,1H3/t18-/m1/s1. The third-order valence-corrected chi connectivity index (χ3v) is 5.82. The molecule has 1 atom stereocenters. The maximum absolute atomic E-state index is 13.7. The van der Waals surface area contributed by atoms with E-state index in [4.69, 9.17) is 4.98 Å². The van der Waals surface area contributed by atoms with Crippen LogP contribution in [0.15, 0.2) is 59.7 Å². The van der Waals surface area contributed by atoms with Gasteiger partial charge in [-0.25, -0.2) is 9.37 Å². The molecule has 31 heavy (non-hydrogen) atoms. The first-order chi connectivity index (χ1) is 15.0. The molecule has 0 N–H and O–H groups in total. The smallest absolute Gasteiger partial charge is 0.258 e. The summed E-state index contributed by atoms with van der Waals surface area (Å²) in [5, 5.41) is 1.47. The number of carbonyl (C=O) groups excluding carboxylic acids is 1. The zero-order chi connectivity index (χ0) is 21.5. The van der Waals surface area contributed by atoms with Crippen LogP contribution in [0, 0.1) is 0 Å². The molecule has 156 valence electrons. The fraction of sp³-hybridized carbons (Fsp3) is 0.250. The molecule has 1 saturated heterocycles. The molecule has 0 spiro atoms. The number of nitrogens with zero attached hydrogens (tertiary/aromatic N) is 4. The third-order valence-electron chi connectivity index (χ3n) is 5.82. The van der Waals surface area contributed by atoms with E-state index < -0.39 is 6.17 Å². The zero-order valence-electron chi connectivity index (χ0n) is 17.1. The van der Waals surface area contributed by atoms with Gasteiger partial charge in [0.1, 0.15) is 6.17 Å². The first-order valence-corrected chi connectivity index (χ1v) is 10.3. The van der Waals surface area contributed by atoms with Gasteiger partial charge in [0.25, 0.3) is 11.5 Å². The average Bonchev–Trinajstić information content (AvgIpc) is 2.80. The van der Waals surface area contributed by atoms with E-state index >= 15 is 0 Å². The summed E-state index contributed by atoms with van der Waals surface area (Å²) in [6, 6.07) is 12.6. The molecule has 0 saturated carbocycles. The summed E-state index contributed by atoms with van der Waals surface area (Å²) in [5.74, 6) is -0.182. The normalized spacial score (nSPS) is 16.7. The van der Waals surface area contributed by atoms with Gasteiger partial charge in [-0.15, -0.1) is 0 Å². The predicted octanol–water partition coefficient (Wildman–Crippen LogP) is 3.72. The summed E-state index contributed by atoms with van der Waals surface area (Å²) in [6.07, 6.45) is 3.64. The fourth-order valence-corrected chi connectivity index (χ4v) is 4.08. The van der Waals surface area contributed by atoms with Gasteiger partial charge in [0.2, 0.25) is 0 Å². The minimum Gasteiger partial charge on any atom is -0.336 e. The molecule has 1 aliphatic heterocycles. The quantitative estimate of drug-likeness (QED) is 0.499. The molecule has 0 aliphatic carbocycles. The number of alkyl halides is 1. The van der Waals surface area contributed by atoms with Gasteiger partial charge in [-0.1, -0.05) is 6.07 Å². The second-order valence-electron chi connectivity index (χ2n) is 7.98. The van der Waals surface area contributed by atoms with Crippen molar-refractivity contribution in [3.05, 3.63) is 70.8 Å². The van der Waals surface area contributed by atoms with Crippen LogP contribution >= 0.6 is 0 Å². The molecule has 2 aromatic carbocycles. The largest absolute Gasteiger partial charge is 0.336 e. The van der Waals surface area contributed by atoms with Crippen LogP contribution in [-0.2, 0) is 7.05 Å². The van der Waals surface area contributed by atoms with Crippen molar-refractivity contribution in [2.75, 3.05) is 13.1 Å².